The molecule has 0 saturated heterocycles. The van der Waals surface area contributed by atoms with E-state index in [2.05, 4.69) is 17.2 Å². The summed E-state index contributed by atoms with van der Waals surface area (Å²) in [6.45, 7) is 3.61. The van der Waals surface area contributed by atoms with Crippen LogP contribution < -0.4 is 20.5 Å². The first-order valence-electron chi connectivity index (χ1n) is 10.0. The summed E-state index contributed by atoms with van der Waals surface area (Å²) in [6, 6.07) is 11.3. The van der Waals surface area contributed by atoms with Crippen LogP contribution in [0.5, 0.6) is 17.4 Å². The Morgan fingerprint density at radius 2 is 2.04 bits per heavy atom. The quantitative estimate of drug-likeness (QED) is 0.690. The van der Waals surface area contributed by atoms with Crippen molar-refractivity contribution in [2.45, 2.75) is 39.2 Å². The fourth-order valence-corrected chi connectivity index (χ4v) is 3.60. The van der Waals surface area contributed by atoms with Crippen LogP contribution in [0.3, 0.4) is 0 Å². The van der Waals surface area contributed by atoms with Crippen LogP contribution in [-0.4, -0.2) is 24.0 Å². The van der Waals surface area contributed by atoms with Crippen LogP contribution in [0, 0.1) is 11.8 Å². The highest BCUT2D eigenvalue weighted by Crippen LogP contribution is 2.33. The largest absolute Gasteiger partial charge is 0.490 e. The number of nitrogens with two attached hydrogens (primary N) is 1. The number of rotatable bonds is 9. The van der Waals surface area contributed by atoms with Gasteiger partial charge in [0.1, 0.15) is 0 Å². The number of hydrogen-bond donors (Lipinski definition) is 2. The maximum Gasteiger partial charge on any atom is 0.224 e. The molecule has 0 aliphatic heterocycles. The van der Waals surface area contributed by atoms with Crippen molar-refractivity contribution >= 4 is 5.91 Å². The van der Waals surface area contributed by atoms with Gasteiger partial charge in [-0.25, -0.2) is 4.98 Å². The molecule has 1 heterocycles. The lowest BCUT2D eigenvalue weighted by molar-refractivity contribution is -0.126. The maximum absolute atomic E-state index is 12.6. The molecule has 28 heavy (non-hydrogen) atoms. The summed E-state index contributed by atoms with van der Waals surface area (Å²) in [6.07, 6.45) is 5.60. The molecular formula is C22H29N3O3. The topological polar surface area (TPSA) is 86.5 Å². The Morgan fingerprint density at radius 3 is 2.82 bits per heavy atom. The zero-order valence-corrected chi connectivity index (χ0v) is 16.4. The Hall–Kier alpha value is -2.60. The number of carbonyl (C=O) groups is 1. The highest BCUT2D eigenvalue weighted by atomic mass is 16.5. The molecule has 1 aliphatic rings. The average Bonchev–Trinajstić information content (AvgIpc) is 3.21. The van der Waals surface area contributed by atoms with Gasteiger partial charge in [-0.15, -0.1) is 0 Å². The first-order valence-corrected chi connectivity index (χ1v) is 10.0. The lowest BCUT2D eigenvalue weighted by Crippen LogP contribution is -2.34. The molecule has 1 aliphatic carbocycles. The van der Waals surface area contributed by atoms with Gasteiger partial charge < -0.3 is 20.5 Å². The normalized spacial score (nSPS) is 18.6. The van der Waals surface area contributed by atoms with Gasteiger partial charge in [0.05, 0.1) is 6.61 Å². The zero-order chi connectivity index (χ0) is 19.8. The van der Waals surface area contributed by atoms with Gasteiger partial charge in [-0.1, -0.05) is 31.5 Å². The summed E-state index contributed by atoms with van der Waals surface area (Å²) >= 11 is 0. The number of benzene rings is 1. The summed E-state index contributed by atoms with van der Waals surface area (Å²) in [5.41, 5.74) is 6.63. The summed E-state index contributed by atoms with van der Waals surface area (Å²) in [4.78, 5) is 16.9. The summed E-state index contributed by atoms with van der Waals surface area (Å²) in [5.74, 6) is 2.12. The molecular weight excluding hydrogens is 354 g/mol. The molecule has 1 aromatic carbocycles. The molecule has 0 spiro atoms. The number of nitrogens with one attached hydrogen (secondary N) is 1. The van der Waals surface area contributed by atoms with Crippen LogP contribution in [0.15, 0.2) is 42.6 Å². The number of amides is 1. The number of para-hydroxylation sites is 2. The van der Waals surface area contributed by atoms with Crippen molar-refractivity contribution in [1.82, 2.24) is 10.3 Å². The van der Waals surface area contributed by atoms with Crippen LogP contribution in [0.1, 0.15) is 38.2 Å². The second kappa shape index (κ2) is 10.1. The molecule has 1 aromatic heterocycles. The third kappa shape index (κ3) is 5.01. The van der Waals surface area contributed by atoms with E-state index >= 15 is 0 Å². The molecule has 0 radical (unpaired) electrons. The van der Waals surface area contributed by atoms with Gasteiger partial charge >= 0.3 is 0 Å². The van der Waals surface area contributed by atoms with E-state index < -0.39 is 0 Å². The van der Waals surface area contributed by atoms with Crippen molar-refractivity contribution < 1.29 is 14.3 Å². The summed E-state index contributed by atoms with van der Waals surface area (Å²) in [5, 5.41) is 3.03. The Balaban J connectivity index is 1.68. The summed E-state index contributed by atoms with van der Waals surface area (Å²) < 4.78 is 11.8. The van der Waals surface area contributed by atoms with Gasteiger partial charge in [-0.2, -0.15) is 0 Å². The number of nitrogens with zero attached hydrogens (tertiary/aromatic N) is 1. The van der Waals surface area contributed by atoms with Crippen LogP contribution in [0.25, 0.3) is 0 Å². The maximum atomic E-state index is 12.6. The van der Waals surface area contributed by atoms with Crippen molar-refractivity contribution in [2.24, 2.45) is 17.6 Å². The van der Waals surface area contributed by atoms with Crippen molar-refractivity contribution in [3.05, 3.63) is 48.2 Å². The Bertz CT molecular complexity index is 781. The first kappa shape index (κ1) is 20.1. The molecule has 3 rings (SSSR count). The third-order valence-corrected chi connectivity index (χ3v) is 5.12. The minimum Gasteiger partial charge on any atom is -0.490 e. The highest BCUT2D eigenvalue weighted by molar-refractivity contribution is 5.79. The number of aromatic nitrogens is 1. The van der Waals surface area contributed by atoms with Gasteiger partial charge in [0.25, 0.3) is 0 Å². The zero-order valence-electron chi connectivity index (χ0n) is 16.4. The molecule has 1 saturated carbocycles. The molecule has 1 amide bonds. The third-order valence-electron chi connectivity index (χ3n) is 5.12. The van der Waals surface area contributed by atoms with E-state index in [4.69, 9.17) is 15.2 Å². The van der Waals surface area contributed by atoms with E-state index in [9.17, 15) is 4.79 Å². The van der Waals surface area contributed by atoms with E-state index in [0.717, 1.165) is 31.2 Å². The monoisotopic (exact) mass is 383 g/mol. The van der Waals surface area contributed by atoms with Crippen LogP contribution in [-0.2, 0) is 11.3 Å². The molecule has 0 bridgehead atoms. The molecule has 3 N–H and O–H groups in total. The first-order chi connectivity index (χ1) is 13.7. The van der Waals surface area contributed by atoms with E-state index in [-0.39, 0.29) is 17.7 Å². The molecule has 2 atom stereocenters. The van der Waals surface area contributed by atoms with Gasteiger partial charge in [0, 0.05) is 24.2 Å². The Labute approximate surface area is 166 Å². The molecule has 0 unspecified atom stereocenters. The van der Waals surface area contributed by atoms with Gasteiger partial charge in [-0.05, 0) is 49.9 Å². The van der Waals surface area contributed by atoms with Crippen molar-refractivity contribution in [1.29, 1.82) is 0 Å². The molecule has 6 nitrogen and oxygen atoms in total. The molecule has 1 fully saturated rings. The van der Waals surface area contributed by atoms with Crippen molar-refractivity contribution in [3.63, 3.8) is 0 Å². The van der Waals surface area contributed by atoms with Crippen LogP contribution in [0.2, 0.25) is 0 Å². The predicted molar refractivity (Wildman–Crippen MR) is 108 cm³/mol. The van der Waals surface area contributed by atoms with Crippen molar-refractivity contribution in [3.8, 4) is 17.4 Å². The molecule has 6 heteroatoms. The number of hydrogen-bond acceptors (Lipinski definition) is 5. The highest BCUT2D eigenvalue weighted by Gasteiger charge is 2.31. The second-order valence-corrected chi connectivity index (χ2v) is 7.12. The fraction of sp³-hybridized carbons (Fsp3) is 0.455. The fourth-order valence-electron chi connectivity index (χ4n) is 3.60. The smallest absolute Gasteiger partial charge is 0.224 e. The number of carbonyl (C=O) groups excluding carboxylic acids is 1. The van der Waals surface area contributed by atoms with Gasteiger partial charge in [-0.3, -0.25) is 4.79 Å². The van der Waals surface area contributed by atoms with E-state index in [1.54, 1.807) is 6.20 Å². The average molecular weight is 383 g/mol. The van der Waals surface area contributed by atoms with E-state index in [0.29, 0.717) is 37.1 Å². The molecule has 150 valence electrons. The van der Waals surface area contributed by atoms with Gasteiger partial charge in [0.2, 0.25) is 11.8 Å². The summed E-state index contributed by atoms with van der Waals surface area (Å²) in [7, 11) is 0. The van der Waals surface area contributed by atoms with Crippen LogP contribution in [0.4, 0.5) is 0 Å². The lowest BCUT2D eigenvalue weighted by atomic mass is 9.95. The minimum atomic E-state index is 0.00853. The Morgan fingerprint density at radius 1 is 1.21 bits per heavy atom. The van der Waals surface area contributed by atoms with Crippen molar-refractivity contribution in [2.75, 3.05) is 13.2 Å². The SMILES string of the molecule is CCCOc1ccccc1Oc1ncccc1CNC(=O)[C@@H]1CCC[C@@H]1CN. The lowest BCUT2D eigenvalue weighted by Gasteiger charge is -2.18. The minimum absolute atomic E-state index is 0.00853. The predicted octanol–water partition coefficient (Wildman–Crippen LogP) is 3.65. The van der Waals surface area contributed by atoms with E-state index in [1.807, 2.05) is 36.4 Å². The molecule has 2 aromatic rings. The standard InChI is InChI=1S/C22H29N3O3/c1-2-13-27-19-10-3-4-11-20(19)28-22-17(8-6-12-24-22)15-25-21(26)18-9-5-7-16(18)14-23/h3-4,6,8,10-12,16,18H,2,5,7,9,13-15,23H2,1H3,(H,25,26)/t16-,18-/m1/s1. The second-order valence-electron chi connectivity index (χ2n) is 7.12. The van der Waals surface area contributed by atoms with Crippen LogP contribution >= 0.6 is 0 Å². The number of pyridine rings is 1. The Kier molecular flexibility index (Phi) is 7.25. The van der Waals surface area contributed by atoms with E-state index in [1.165, 1.54) is 0 Å². The van der Waals surface area contributed by atoms with Gasteiger partial charge in [0.15, 0.2) is 11.5 Å². The number of ether oxygens (including phenoxy) is 2.